The van der Waals surface area contributed by atoms with Gasteiger partial charge >= 0.3 is 11.9 Å². The molecule has 0 aliphatic rings. The van der Waals surface area contributed by atoms with Crippen LogP contribution in [0.5, 0.6) is 0 Å². The summed E-state index contributed by atoms with van der Waals surface area (Å²) < 4.78 is 0. The van der Waals surface area contributed by atoms with E-state index in [0.29, 0.717) is 12.8 Å². The number of rotatable bonds is 9. The van der Waals surface area contributed by atoms with Crippen molar-refractivity contribution in [3.8, 4) is 0 Å². The maximum Gasteiger partial charge on any atom is 0.306 e. The van der Waals surface area contributed by atoms with Crippen molar-refractivity contribution in [2.75, 3.05) is 0 Å². The third-order valence-electron chi connectivity index (χ3n) is 4.09. The molecule has 0 bridgehead atoms. The van der Waals surface area contributed by atoms with E-state index in [1.54, 1.807) is 6.92 Å². The van der Waals surface area contributed by atoms with Crippen molar-refractivity contribution >= 4 is 11.9 Å². The van der Waals surface area contributed by atoms with Gasteiger partial charge < -0.3 is 10.2 Å². The van der Waals surface area contributed by atoms with E-state index in [-0.39, 0.29) is 29.1 Å². The lowest BCUT2D eigenvalue weighted by molar-refractivity contribution is -0.145. The summed E-state index contributed by atoms with van der Waals surface area (Å²) in [6.07, 6.45) is 2.88. The normalized spacial score (nSPS) is 17.8. The van der Waals surface area contributed by atoms with E-state index in [4.69, 9.17) is 5.11 Å². The minimum Gasteiger partial charge on any atom is -0.481 e. The van der Waals surface area contributed by atoms with E-state index in [1.807, 2.05) is 13.8 Å². The number of hydrogen-bond acceptors (Lipinski definition) is 2. The van der Waals surface area contributed by atoms with Crippen molar-refractivity contribution in [3.05, 3.63) is 0 Å². The summed E-state index contributed by atoms with van der Waals surface area (Å²) in [6.45, 7) is 12.1. The molecule has 0 spiro atoms. The fourth-order valence-corrected chi connectivity index (χ4v) is 3.05. The molecule has 0 aromatic heterocycles. The maximum absolute atomic E-state index is 11.5. The molecule has 0 saturated heterocycles. The molecule has 0 aliphatic carbocycles. The number of carbonyl (C=O) groups is 2. The highest BCUT2D eigenvalue weighted by atomic mass is 16.4. The minimum absolute atomic E-state index is 0.122. The van der Waals surface area contributed by atoms with Gasteiger partial charge in [-0.1, -0.05) is 41.5 Å². The smallest absolute Gasteiger partial charge is 0.306 e. The second kappa shape index (κ2) is 8.40. The van der Waals surface area contributed by atoms with Crippen LogP contribution in [0.4, 0.5) is 0 Å². The molecule has 0 radical (unpaired) electrons. The largest absolute Gasteiger partial charge is 0.481 e. The molecule has 124 valence electrons. The van der Waals surface area contributed by atoms with E-state index in [9.17, 15) is 14.7 Å². The lowest BCUT2D eigenvalue weighted by Gasteiger charge is -2.28. The Morgan fingerprint density at radius 3 is 1.86 bits per heavy atom. The molecule has 4 heteroatoms. The third kappa shape index (κ3) is 8.74. The Balaban J connectivity index is 4.46. The molecule has 0 rings (SSSR count). The van der Waals surface area contributed by atoms with Crippen LogP contribution < -0.4 is 0 Å². The third-order valence-corrected chi connectivity index (χ3v) is 4.09. The molecule has 0 fully saturated rings. The number of carboxylic acids is 2. The second-order valence-electron chi connectivity index (χ2n) is 7.84. The fourth-order valence-electron chi connectivity index (χ4n) is 3.05. The Labute approximate surface area is 128 Å². The van der Waals surface area contributed by atoms with Crippen molar-refractivity contribution < 1.29 is 19.8 Å². The first-order chi connectivity index (χ1) is 9.44. The zero-order valence-electron chi connectivity index (χ0n) is 14.3. The monoisotopic (exact) mass is 300 g/mol. The van der Waals surface area contributed by atoms with Gasteiger partial charge in [-0.2, -0.15) is 0 Å². The molecule has 2 N–H and O–H groups in total. The van der Waals surface area contributed by atoms with Crippen molar-refractivity contribution in [1.29, 1.82) is 0 Å². The minimum atomic E-state index is -0.780. The van der Waals surface area contributed by atoms with E-state index in [2.05, 4.69) is 20.8 Å². The van der Waals surface area contributed by atoms with Crippen LogP contribution in [0.1, 0.15) is 67.2 Å². The summed E-state index contributed by atoms with van der Waals surface area (Å²) in [4.78, 5) is 22.3. The molecule has 0 saturated carbocycles. The molecule has 0 aromatic carbocycles. The predicted octanol–water partition coefficient (Wildman–Crippen LogP) is 4.29. The van der Waals surface area contributed by atoms with Crippen LogP contribution >= 0.6 is 0 Å². The van der Waals surface area contributed by atoms with Crippen LogP contribution in [0.2, 0.25) is 0 Å². The van der Waals surface area contributed by atoms with Crippen LogP contribution in [-0.2, 0) is 9.59 Å². The Bertz CT molecular complexity index is 343. The van der Waals surface area contributed by atoms with Gasteiger partial charge in [-0.25, -0.2) is 0 Å². The van der Waals surface area contributed by atoms with Crippen molar-refractivity contribution in [2.24, 2.45) is 29.1 Å². The highest BCUT2D eigenvalue weighted by Gasteiger charge is 2.28. The standard InChI is InChI=1S/C17H32O4/c1-11(9-12(2)15(18)19)7-8-14(16(20)21)13(3)10-17(4,5)6/h11-14H,7-10H2,1-6H3,(H,18,19)(H,20,21). The zero-order valence-corrected chi connectivity index (χ0v) is 14.3. The van der Waals surface area contributed by atoms with Gasteiger partial charge in [0.25, 0.3) is 0 Å². The summed E-state index contributed by atoms with van der Waals surface area (Å²) in [7, 11) is 0. The highest BCUT2D eigenvalue weighted by molar-refractivity contribution is 5.70. The fraction of sp³-hybridized carbons (Fsp3) is 0.882. The summed E-state index contributed by atoms with van der Waals surface area (Å²) in [5.41, 5.74) is 0.122. The first-order valence-electron chi connectivity index (χ1n) is 7.89. The van der Waals surface area contributed by atoms with Crippen molar-refractivity contribution in [3.63, 3.8) is 0 Å². The SMILES string of the molecule is CC(CCC(C(=O)O)C(C)CC(C)(C)C)CC(C)C(=O)O. The number of hydrogen-bond donors (Lipinski definition) is 2. The Kier molecular flexibility index (Phi) is 7.98. The second-order valence-corrected chi connectivity index (χ2v) is 7.84. The van der Waals surface area contributed by atoms with Gasteiger partial charge in [-0.3, -0.25) is 9.59 Å². The molecule has 21 heavy (non-hydrogen) atoms. The molecule has 4 atom stereocenters. The lowest BCUT2D eigenvalue weighted by atomic mass is 9.77. The summed E-state index contributed by atoms with van der Waals surface area (Å²) in [5, 5.41) is 18.3. The molecular weight excluding hydrogens is 268 g/mol. The highest BCUT2D eigenvalue weighted by Crippen LogP contribution is 2.32. The van der Waals surface area contributed by atoms with Crippen molar-refractivity contribution in [1.82, 2.24) is 0 Å². The van der Waals surface area contributed by atoms with Gasteiger partial charge in [-0.15, -0.1) is 0 Å². The summed E-state index contributed by atoms with van der Waals surface area (Å²) >= 11 is 0. The van der Waals surface area contributed by atoms with Crippen LogP contribution in [0, 0.1) is 29.1 Å². The quantitative estimate of drug-likeness (QED) is 0.666. The maximum atomic E-state index is 11.5. The Morgan fingerprint density at radius 1 is 0.952 bits per heavy atom. The molecule has 0 heterocycles. The van der Waals surface area contributed by atoms with E-state index >= 15 is 0 Å². The van der Waals surface area contributed by atoms with Gasteiger partial charge in [0.05, 0.1) is 11.8 Å². The summed E-state index contributed by atoms with van der Waals surface area (Å²) in [6, 6.07) is 0. The van der Waals surface area contributed by atoms with Crippen LogP contribution in [0.25, 0.3) is 0 Å². The molecule has 4 nitrogen and oxygen atoms in total. The van der Waals surface area contributed by atoms with Gasteiger partial charge in [-0.05, 0) is 42.9 Å². The number of aliphatic carboxylic acids is 2. The molecule has 0 amide bonds. The van der Waals surface area contributed by atoms with Crippen LogP contribution in [0.3, 0.4) is 0 Å². The van der Waals surface area contributed by atoms with Crippen LogP contribution in [0.15, 0.2) is 0 Å². The Hall–Kier alpha value is -1.06. The van der Waals surface area contributed by atoms with Crippen LogP contribution in [-0.4, -0.2) is 22.2 Å². The number of carboxylic acid groups (broad SMARTS) is 2. The van der Waals surface area contributed by atoms with E-state index < -0.39 is 11.9 Å². The summed E-state index contributed by atoms with van der Waals surface area (Å²) in [5.74, 6) is -1.85. The molecule has 0 aromatic rings. The lowest BCUT2D eigenvalue weighted by Crippen LogP contribution is -2.26. The van der Waals surface area contributed by atoms with Gasteiger partial charge in [0, 0.05) is 0 Å². The molecule has 0 aliphatic heterocycles. The topological polar surface area (TPSA) is 74.6 Å². The average molecular weight is 300 g/mol. The average Bonchev–Trinajstić information content (AvgIpc) is 2.25. The van der Waals surface area contributed by atoms with Gasteiger partial charge in [0.1, 0.15) is 0 Å². The molecule has 4 unspecified atom stereocenters. The first-order valence-corrected chi connectivity index (χ1v) is 7.89. The predicted molar refractivity (Wildman–Crippen MR) is 84.2 cm³/mol. The van der Waals surface area contributed by atoms with E-state index in [1.165, 1.54) is 0 Å². The Morgan fingerprint density at radius 2 is 1.48 bits per heavy atom. The van der Waals surface area contributed by atoms with Crippen molar-refractivity contribution in [2.45, 2.75) is 67.2 Å². The van der Waals surface area contributed by atoms with Gasteiger partial charge in [0.15, 0.2) is 0 Å². The van der Waals surface area contributed by atoms with E-state index in [0.717, 1.165) is 12.8 Å². The zero-order chi connectivity index (χ0) is 16.8. The van der Waals surface area contributed by atoms with Gasteiger partial charge in [0.2, 0.25) is 0 Å². The first kappa shape index (κ1) is 19.9. The molecular formula is C17H32O4.